The Morgan fingerprint density at radius 1 is 1.03 bits per heavy atom. The Morgan fingerprint density at radius 3 is 2.47 bits per heavy atom. The summed E-state index contributed by atoms with van der Waals surface area (Å²) in [5.74, 6) is -1.12. The molecule has 0 aliphatic rings. The molecule has 0 radical (unpaired) electrons. The molecule has 1 amide bonds. The predicted molar refractivity (Wildman–Crippen MR) is 135 cm³/mol. The van der Waals surface area contributed by atoms with Gasteiger partial charge in [-0.3, -0.25) is 4.79 Å². The third kappa shape index (κ3) is 6.56. The van der Waals surface area contributed by atoms with Crippen molar-refractivity contribution in [1.29, 1.82) is 0 Å². The molecular weight excluding hydrogens is 432 g/mol. The Kier molecular flexibility index (Phi) is 9.02. The van der Waals surface area contributed by atoms with Gasteiger partial charge in [0.05, 0.1) is 5.56 Å². The van der Waals surface area contributed by atoms with Crippen LogP contribution in [0.5, 0.6) is 0 Å². The first-order chi connectivity index (χ1) is 16.4. The lowest BCUT2D eigenvalue weighted by atomic mass is 10.1. The van der Waals surface area contributed by atoms with E-state index in [0.717, 1.165) is 42.4 Å². The number of rotatable bonds is 11. The maximum atomic E-state index is 13.5. The zero-order valence-corrected chi connectivity index (χ0v) is 20.2. The van der Waals surface area contributed by atoms with Crippen molar-refractivity contribution in [2.45, 2.75) is 39.2 Å². The zero-order valence-electron chi connectivity index (χ0n) is 20.2. The molecule has 4 nitrogen and oxygen atoms in total. The van der Waals surface area contributed by atoms with E-state index >= 15 is 0 Å². The van der Waals surface area contributed by atoms with E-state index in [1.165, 1.54) is 12.1 Å². The average molecular weight is 466 g/mol. The van der Waals surface area contributed by atoms with E-state index in [0.29, 0.717) is 30.6 Å². The van der Waals surface area contributed by atoms with Crippen LogP contribution in [0.1, 0.15) is 53.4 Å². The lowest BCUT2D eigenvalue weighted by Crippen LogP contribution is -2.28. The molecule has 0 atom stereocenters. The molecule has 1 heterocycles. The monoisotopic (exact) mass is 465 g/mol. The van der Waals surface area contributed by atoms with Crippen LogP contribution in [-0.2, 0) is 13.0 Å². The van der Waals surface area contributed by atoms with Crippen LogP contribution in [0.25, 0.3) is 6.08 Å². The van der Waals surface area contributed by atoms with Gasteiger partial charge in [-0.1, -0.05) is 62.2 Å². The summed E-state index contributed by atoms with van der Waals surface area (Å²) in [6, 6.07) is 15.9. The van der Waals surface area contributed by atoms with E-state index in [-0.39, 0.29) is 5.91 Å². The van der Waals surface area contributed by atoms with Gasteiger partial charge in [-0.15, -0.1) is 0 Å². The third-order valence-electron chi connectivity index (χ3n) is 5.65. The Balaban J connectivity index is 1.84. The Morgan fingerprint density at radius 2 is 1.79 bits per heavy atom. The van der Waals surface area contributed by atoms with Gasteiger partial charge >= 0.3 is 0 Å². The summed E-state index contributed by atoms with van der Waals surface area (Å²) in [5.41, 5.74) is 3.33. The van der Waals surface area contributed by atoms with E-state index in [2.05, 4.69) is 41.1 Å². The lowest BCUT2D eigenvalue weighted by molar-refractivity contribution is 0.0954. The standard InChI is InChI=1S/C28H33F2N3O/c1-4-5-6-10-13-23-19-24(27(34)31-17-16-21-14-15-25(29)26(30)18-21)28(32(2)3)33(23)20-22-11-8-7-9-12-22/h7-15,18-19H,4-6,16-17,20H2,1-3H3,(H,31,34)/b13-10+. The van der Waals surface area contributed by atoms with Crippen molar-refractivity contribution in [2.75, 3.05) is 25.5 Å². The van der Waals surface area contributed by atoms with Gasteiger partial charge in [0, 0.05) is 32.9 Å². The van der Waals surface area contributed by atoms with Gasteiger partial charge in [0.2, 0.25) is 0 Å². The number of nitrogens with zero attached hydrogens (tertiary/aromatic N) is 2. The minimum Gasteiger partial charge on any atom is -0.363 e. The Hall–Kier alpha value is -3.41. The van der Waals surface area contributed by atoms with E-state index in [9.17, 15) is 13.6 Å². The van der Waals surface area contributed by atoms with Crippen molar-refractivity contribution in [3.63, 3.8) is 0 Å². The van der Waals surface area contributed by atoms with Crippen LogP contribution >= 0.6 is 0 Å². The van der Waals surface area contributed by atoms with E-state index in [1.807, 2.05) is 43.3 Å². The van der Waals surface area contributed by atoms with Crippen LogP contribution in [0.3, 0.4) is 0 Å². The highest BCUT2D eigenvalue weighted by molar-refractivity contribution is 6.00. The van der Waals surface area contributed by atoms with Crippen molar-refractivity contribution in [3.8, 4) is 0 Å². The molecule has 0 fully saturated rings. The largest absolute Gasteiger partial charge is 0.363 e. The number of benzene rings is 2. The molecule has 0 spiro atoms. The number of amides is 1. The Labute approximate surface area is 200 Å². The maximum absolute atomic E-state index is 13.5. The maximum Gasteiger partial charge on any atom is 0.255 e. The second kappa shape index (κ2) is 12.2. The number of carbonyl (C=O) groups is 1. The fourth-order valence-electron chi connectivity index (χ4n) is 3.91. The summed E-state index contributed by atoms with van der Waals surface area (Å²) in [7, 11) is 3.86. The highest BCUT2D eigenvalue weighted by atomic mass is 19.2. The highest BCUT2D eigenvalue weighted by Crippen LogP contribution is 2.27. The van der Waals surface area contributed by atoms with E-state index in [4.69, 9.17) is 0 Å². The summed E-state index contributed by atoms with van der Waals surface area (Å²) in [5, 5.41) is 2.94. The lowest BCUT2D eigenvalue weighted by Gasteiger charge is -2.20. The Bertz CT molecular complexity index is 1120. The number of nitrogens with one attached hydrogen (secondary N) is 1. The molecule has 0 saturated heterocycles. The number of allylic oxidation sites excluding steroid dienone is 1. The second-order valence-electron chi connectivity index (χ2n) is 8.57. The first kappa shape index (κ1) is 25.2. The molecule has 3 aromatic rings. The van der Waals surface area contributed by atoms with Gasteiger partial charge in [-0.25, -0.2) is 8.78 Å². The molecule has 1 N–H and O–H groups in total. The van der Waals surface area contributed by atoms with Crippen molar-refractivity contribution in [1.82, 2.24) is 9.88 Å². The molecular formula is C28H33F2N3O. The van der Waals surface area contributed by atoms with Crippen LogP contribution < -0.4 is 10.2 Å². The smallest absolute Gasteiger partial charge is 0.255 e. The number of carbonyl (C=O) groups excluding carboxylic acids is 1. The molecule has 180 valence electrons. The van der Waals surface area contributed by atoms with Gasteiger partial charge in [-0.2, -0.15) is 0 Å². The number of anilines is 1. The van der Waals surface area contributed by atoms with Gasteiger partial charge in [-0.05, 0) is 48.2 Å². The van der Waals surface area contributed by atoms with E-state index < -0.39 is 11.6 Å². The van der Waals surface area contributed by atoms with Gasteiger partial charge in [0.25, 0.3) is 5.91 Å². The molecule has 0 unspecified atom stereocenters. The molecule has 0 aliphatic carbocycles. The molecule has 0 saturated carbocycles. The first-order valence-electron chi connectivity index (χ1n) is 11.7. The minimum atomic E-state index is -0.879. The number of halogens is 2. The van der Waals surface area contributed by atoms with Crippen molar-refractivity contribution < 1.29 is 13.6 Å². The molecule has 0 bridgehead atoms. The fraction of sp³-hybridized carbons (Fsp3) is 0.321. The topological polar surface area (TPSA) is 37.3 Å². The summed E-state index contributed by atoms with van der Waals surface area (Å²) in [6.07, 6.45) is 7.89. The highest BCUT2D eigenvalue weighted by Gasteiger charge is 2.21. The number of hydrogen-bond acceptors (Lipinski definition) is 2. The summed E-state index contributed by atoms with van der Waals surface area (Å²) < 4.78 is 28.8. The van der Waals surface area contributed by atoms with Crippen LogP contribution in [0, 0.1) is 11.6 Å². The molecule has 6 heteroatoms. The van der Waals surface area contributed by atoms with Crippen molar-refractivity contribution in [2.24, 2.45) is 0 Å². The average Bonchev–Trinajstić information content (AvgIpc) is 3.18. The van der Waals surface area contributed by atoms with Gasteiger partial charge in [0.1, 0.15) is 5.82 Å². The fourth-order valence-corrected chi connectivity index (χ4v) is 3.91. The molecule has 2 aromatic carbocycles. The summed E-state index contributed by atoms with van der Waals surface area (Å²) in [4.78, 5) is 15.1. The van der Waals surface area contributed by atoms with Gasteiger partial charge in [0.15, 0.2) is 11.6 Å². The normalized spacial score (nSPS) is 11.2. The van der Waals surface area contributed by atoms with E-state index in [1.54, 1.807) is 0 Å². The quantitative estimate of drug-likeness (QED) is 0.350. The molecule has 1 aromatic heterocycles. The van der Waals surface area contributed by atoms with Crippen LogP contribution in [0.15, 0.2) is 60.7 Å². The number of hydrogen-bond donors (Lipinski definition) is 1. The third-order valence-corrected chi connectivity index (χ3v) is 5.65. The predicted octanol–water partition coefficient (Wildman–Crippen LogP) is 6.06. The first-order valence-corrected chi connectivity index (χ1v) is 11.7. The second-order valence-corrected chi connectivity index (χ2v) is 8.57. The molecule has 34 heavy (non-hydrogen) atoms. The van der Waals surface area contributed by atoms with Crippen molar-refractivity contribution in [3.05, 3.63) is 94.7 Å². The molecule has 3 rings (SSSR count). The van der Waals surface area contributed by atoms with Crippen LogP contribution in [-0.4, -0.2) is 31.1 Å². The van der Waals surface area contributed by atoms with Crippen LogP contribution in [0.2, 0.25) is 0 Å². The minimum absolute atomic E-state index is 0.193. The zero-order chi connectivity index (χ0) is 24.5. The SMILES string of the molecule is CCCC/C=C/c1cc(C(=O)NCCc2ccc(F)c(F)c2)c(N(C)C)n1Cc1ccccc1. The van der Waals surface area contributed by atoms with Crippen molar-refractivity contribution >= 4 is 17.8 Å². The van der Waals surface area contributed by atoms with Gasteiger partial charge < -0.3 is 14.8 Å². The summed E-state index contributed by atoms with van der Waals surface area (Å²) >= 11 is 0. The summed E-state index contributed by atoms with van der Waals surface area (Å²) in [6.45, 7) is 3.13. The van der Waals surface area contributed by atoms with Crippen LogP contribution in [0.4, 0.5) is 14.6 Å². The molecule has 0 aliphatic heterocycles. The number of aromatic nitrogens is 1. The number of unbranched alkanes of at least 4 members (excludes halogenated alkanes) is 2.